The van der Waals surface area contributed by atoms with Crippen molar-refractivity contribution in [3.63, 3.8) is 0 Å². The zero-order valence-electron chi connectivity index (χ0n) is 14.5. The molecule has 3 heterocycles. The highest BCUT2D eigenvalue weighted by molar-refractivity contribution is 6.04. The highest BCUT2D eigenvalue weighted by atomic mass is 16.3. The summed E-state index contributed by atoms with van der Waals surface area (Å²) in [5, 5.41) is 2.13. The summed E-state index contributed by atoms with van der Waals surface area (Å²) >= 11 is 0. The number of nitrogens with zero attached hydrogens (tertiary/aromatic N) is 3. The Labute approximate surface area is 140 Å². The van der Waals surface area contributed by atoms with Crippen molar-refractivity contribution in [2.75, 3.05) is 0 Å². The Hall–Kier alpha value is -2.56. The number of para-hydroxylation sites is 1. The van der Waals surface area contributed by atoms with E-state index in [1.165, 1.54) is 0 Å². The summed E-state index contributed by atoms with van der Waals surface area (Å²) in [4.78, 5) is 12.9. The maximum Gasteiger partial charge on any atom is 0.586 e. The molecule has 4 rings (SSSR count). The first-order valence-corrected chi connectivity index (χ1v) is 8.13. The maximum atomic E-state index is 12.9. The molecule has 0 radical (unpaired) electrons. The van der Waals surface area contributed by atoms with Crippen LogP contribution in [0, 0.1) is 4.91 Å². The van der Waals surface area contributed by atoms with Gasteiger partial charge in [0.1, 0.15) is 17.1 Å². The first-order chi connectivity index (χ1) is 11.2. The van der Waals surface area contributed by atoms with Gasteiger partial charge in [0.05, 0.1) is 0 Å². The summed E-state index contributed by atoms with van der Waals surface area (Å²) in [7, 11) is 0. The fraction of sp³-hybridized carbons (Fsp3) is 0.368. The van der Waals surface area contributed by atoms with Crippen molar-refractivity contribution in [2.24, 2.45) is 0 Å². The average molecular weight is 324 g/mol. The second-order valence-electron chi connectivity index (χ2n) is 7.53. The maximum absolute atomic E-state index is 12.9. The molecule has 1 aliphatic heterocycles. The number of furan rings is 1. The standard InChI is InChI=1S/C19H22N3O2/c1-18(2)19(3,4)22(23)17(20(18)5)21-11-10-14-13-8-6-7-9-15(13)24-16(14)12-21/h6-12,17H,5H2,1-4H3/q+3. The molecule has 0 amide bonds. The molecule has 0 spiro atoms. The third kappa shape index (κ3) is 1.70. The number of pyridine rings is 1. The van der Waals surface area contributed by atoms with E-state index in [1.54, 1.807) is 0 Å². The lowest BCUT2D eigenvalue weighted by Crippen LogP contribution is -2.48. The molecule has 1 unspecified atom stereocenters. The molecule has 0 N–H and O–H groups in total. The van der Waals surface area contributed by atoms with Crippen LogP contribution in [0.5, 0.6) is 0 Å². The first kappa shape index (κ1) is 15.0. The first-order valence-electron chi connectivity index (χ1n) is 8.13. The largest absolute Gasteiger partial charge is 0.586 e. The fourth-order valence-corrected chi connectivity index (χ4v) is 3.44. The van der Waals surface area contributed by atoms with E-state index in [0.29, 0.717) is 0 Å². The molecule has 2 aromatic heterocycles. The van der Waals surface area contributed by atoms with Gasteiger partial charge < -0.3 is 4.42 Å². The molecule has 1 aliphatic rings. The highest BCUT2D eigenvalue weighted by Crippen LogP contribution is 2.39. The van der Waals surface area contributed by atoms with E-state index in [0.717, 1.165) is 26.7 Å². The molecule has 1 atom stereocenters. The smallest absolute Gasteiger partial charge is 0.450 e. The predicted molar refractivity (Wildman–Crippen MR) is 92.1 cm³/mol. The quantitative estimate of drug-likeness (QED) is 0.644. The number of benzene rings is 1. The van der Waals surface area contributed by atoms with E-state index < -0.39 is 11.8 Å². The SMILES string of the molecule is C=[N+]1C([n+]2ccc3c(c2)oc2ccccc23)[N+](=O)C(C)(C)C1(C)C. The summed E-state index contributed by atoms with van der Waals surface area (Å²) in [5.41, 5.74) is 0.690. The minimum atomic E-state index is -0.560. The fourth-order valence-electron chi connectivity index (χ4n) is 3.44. The summed E-state index contributed by atoms with van der Waals surface area (Å²) in [6.07, 6.45) is 3.31. The van der Waals surface area contributed by atoms with E-state index in [1.807, 2.05) is 79.6 Å². The zero-order chi connectivity index (χ0) is 17.3. The second kappa shape index (κ2) is 4.50. The van der Waals surface area contributed by atoms with Crippen LogP contribution in [-0.2, 0) is 0 Å². The van der Waals surface area contributed by atoms with Crippen LogP contribution in [0.2, 0.25) is 0 Å². The van der Waals surface area contributed by atoms with Gasteiger partial charge in [-0.2, -0.15) is 0 Å². The third-order valence-electron chi connectivity index (χ3n) is 5.86. The van der Waals surface area contributed by atoms with Gasteiger partial charge in [-0.3, -0.25) is 0 Å². The van der Waals surface area contributed by atoms with Crippen LogP contribution in [-0.4, -0.2) is 27.1 Å². The molecule has 1 aromatic carbocycles. The molecule has 0 bridgehead atoms. The van der Waals surface area contributed by atoms with Crippen molar-refractivity contribution in [2.45, 2.75) is 45.1 Å². The van der Waals surface area contributed by atoms with Crippen LogP contribution < -0.4 is 4.57 Å². The summed E-state index contributed by atoms with van der Waals surface area (Å²) < 4.78 is 10.8. The van der Waals surface area contributed by atoms with Gasteiger partial charge in [0.15, 0.2) is 11.8 Å². The van der Waals surface area contributed by atoms with E-state index in [2.05, 4.69) is 6.72 Å². The number of fused-ring (bicyclic) bond motifs is 3. The Kier molecular flexibility index (Phi) is 2.81. The number of hydrogen-bond acceptors (Lipinski definition) is 2. The van der Waals surface area contributed by atoms with E-state index in [9.17, 15) is 4.91 Å². The van der Waals surface area contributed by atoms with Gasteiger partial charge in [0.25, 0.3) is 5.54 Å². The topological polar surface area (TPSA) is 40.1 Å². The van der Waals surface area contributed by atoms with Crippen LogP contribution in [0.15, 0.2) is 47.1 Å². The molecule has 5 heteroatoms. The van der Waals surface area contributed by atoms with Gasteiger partial charge in [-0.1, -0.05) is 22.8 Å². The minimum absolute atomic E-state index is 0.366. The second-order valence-corrected chi connectivity index (χ2v) is 7.53. The molecule has 24 heavy (non-hydrogen) atoms. The van der Waals surface area contributed by atoms with Gasteiger partial charge in [-0.05, 0) is 6.07 Å². The Morgan fingerprint density at radius 2 is 1.67 bits per heavy atom. The monoisotopic (exact) mass is 324 g/mol. The van der Waals surface area contributed by atoms with Gasteiger partial charge in [0.2, 0.25) is 11.7 Å². The predicted octanol–water partition coefficient (Wildman–Crippen LogP) is 3.39. The minimum Gasteiger partial charge on any atom is -0.450 e. The lowest BCUT2D eigenvalue weighted by molar-refractivity contribution is -1.01. The van der Waals surface area contributed by atoms with Crippen LogP contribution in [0.4, 0.5) is 0 Å². The molecule has 0 aliphatic carbocycles. The number of nitroso groups, excluding NO2 is 1. The van der Waals surface area contributed by atoms with Crippen molar-refractivity contribution >= 4 is 28.7 Å². The summed E-state index contributed by atoms with van der Waals surface area (Å²) in [6.45, 7) is 12.2. The molecule has 122 valence electrons. The van der Waals surface area contributed by atoms with Crippen molar-refractivity contribution in [1.82, 2.24) is 0 Å². The van der Waals surface area contributed by atoms with E-state index in [4.69, 9.17) is 4.42 Å². The number of aromatic nitrogens is 1. The highest BCUT2D eigenvalue weighted by Gasteiger charge is 2.74. The third-order valence-corrected chi connectivity index (χ3v) is 5.86. The zero-order valence-corrected chi connectivity index (χ0v) is 14.5. The molecule has 3 aromatic rings. The lowest BCUT2D eigenvalue weighted by atomic mass is 9.84. The number of rotatable bonds is 1. The van der Waals surface area contributed by atoms with Crippen LogP contribution in [0.3, 0.4) is 0 Å². The Bertz CT molecular complexity index is 988. The molecular weight excluding hydrogens is 302 g/mol. The van der Waals surface area contributed by atoms with Gasteiger partial charge in [0, 0.05) is 49.4 Å². The van der Waals surface area contributed by atoms with Crippen LogP contribution in [0.1, 0.15) is 34.0 Å². The van der Waals surface area contributed by atoms with Crippen LogP contribution in [0.25, 0.3) is 21.9 Å². The molecule has 0 saturated carbocycles. The van der Waals surface area contributed by atoms with E-state index >= 15 is 0 Å². The molecular formula is C19H22N3O2+3. The summed E-state index contributed by atoms with van der Waals surface area (Å²) in [5.74, 6) is 0. The van der Waals surface area contributed by atoms with Gasteiger partial charge in [-0.15, -0.1) is 4.58 Å². The number of hydrogen-bond donors (Lipinski definition) is 0. The Balaban J connectivity index is 1.90. The van der Waals surface area contributed by atoms with Crippen molar-refractivity contribution in [1.29, 1.82) is 0 Å². The molecule has 5 nitrogen and oxygen atoms in total. The lowest BCUT2D eigenvalue weighted by Gasteiger charge is -2.17. The average Bonchev–Trinajstić information content (AvgIpc) is 2.96. The van der Waals surface area contributed by atoms with Crippen LogP contribution >= 0.6 is 0 Å². The van der Waals surface area contributed by atoms with E-state index in [-0.39, 0.29) is 5.54 Å². The normalized spacial score (nSPS) is 22.6. The van der Waals surface area contributed by atoms with Crippen molar-refractivity contribution in [3.05, 3.63) is 47.6 Å². The Morgan fingerprint density at radius 1 is 1.00 bits per heavy atom. The molecule has 1 fully saturated rings. The molecule has 1 saturated heterocycles. The van der Waals surface area contributed by atoms with Crippen molar-refractivity contribution < 1.29 is 18.3 Å². The Morgan fingerprint density at radius 3 is 2.33 bits per heavy atom. The van der Waals surface area contributed by atoms with Gasteiger partial charge in [-0.25, -0.2) is 0 Å². The van der Waals surface area contributed by atoms with Crippen molar-refractivity contribution in [3.8, 4) is 0 Å². The summed E-state index contributed by atoms with van der Waals surface area (Å²) in [6, 6.07) is 9.95. The van der Waals surface area contributed by atoms with Gasteiger partial charge >= 0.3 is 6.29 Å².